The van der Waals surface area contributed by atoms with Gasteiger partial charge < -0.3 is 15.0 Å². The molecule has 1 aliphatic heterocycles. The molecule has 0 spiro atoms. The van der Waals surface area contributed by atoms with Crippen LogP contribution in [0.2, 0.25) is 5.02 Å². The Bertz CT molecular complexity index is 417. The molecule has 112 valence electrons. The molecule has 1 fully saturated rings. The zero-order valence-electron chi connectivity index (χ0n) is 12.5. The molecule has 4 heteroatoms. The Morgan fingerprint density at radius 1 is 1.30 bits per heavy atom. The van der Waals surface area contributed by atoms with Gasteiger partial charge in [-0.3, -0.25) is 0 Å². The first-order valence-electron chi connectivity index (χ1n) is 7.60. The molecule has 3 nitrogen and oxygen atoms in total. The van der Waals surface area contributed by atoms with E-state index < -0.39 is 0 Å². The maximum atomic E-state index is 6.37. The van der Waals surface area contributed by atoms with Gasteiger partial charge in [0.15, 0.2) is 0 Å². The highest BCUT2D eigenvalue weighted by Crippen LogP contribution is 2.30. The number of benzene rings is 1. The summed E-state index contributed by atoms with van der Waals surface area (Å²) in [4.78, 5) is 2.44. The first-order valence-corrected chi connectivity index (χ1v) is 7.98. The van der Waals surface area contributed by atoms with E-state index in [-0.39, 0.29) is 0 Å². The SMILES string of the molecule is CCNCc1c(Cl)cccc1N1CCC(OCC)CC1. The predicted octanol–water partition coefficient (Wildman–Crippen LogP) is 3.45. The quantitative estimate of drug-likeness (QED) is 0.870. The van der Waals surface area contributed by atoms with Crippen molar-refractivity contribution in [2.45, 2.75) is 39.3 Å². The Morgan fingerprint density at radius 2 is 2.05 bits per heavy atom. The van der Waals surface area contributed by atoms with Gasteiger partial charge in [0.2, 0.25) is 0 Å². The van der Waals surface area contributed by atoms with E-state index in [1.54, 1.807) is 0 Å². The van der Waals surface area contributed by atoms with E-state index in [0.29, 0.717) is 6.10 Å². The molecule has 0 aromatic heterocycles. The average molecular weight is 297 g/mol. The Labute approximate surface area is 127 Å². The standard InChI is InChI=1S/C16H25ClN2O/c1-3-18-12-14-15(17)6-5-7-16(14)19-10-8-13(9-11-19)20-4-2/h5-7,13,18H,3-4,8-12H2,1-2H3. The Hall–Kier alpha value is -0.770. The van der Waals surface area contributed by atoms with Crippen molar-refractivity contribution in [3.63, 3.8) is 0 Å². The highest BCUT2D eigenvalue weighted by Gasteiger charge is 2.21. The number of anilines is 1. The van der Waals surface area contributed by atoms with Gasteiger partial charge in [-0.15, -0.1) is 0 Å². The largest absolute Gasteiger partial charge is 0.378 e. The van der Waals surface area contributed by atoms with Crippen LogP contribution in [-0.2, 0) is 11.3 Å². The van der Waals surface area contributed by atoms with Crippen molar-refractivity contribution < 1.29 is 4.74 Å². The zero-order valence-corrected chi connectivity index (χ0v) is 13.2. The van der Waals surface area contributed by atoms with Crippen LogP contribution in [0, 0.1) is 0 Å². The summed E-state index contributed by atoms with van der Waals surface area (Å²) < 4.78 is 5.72. The van der Waals surface area contributed by atoms with Crippen LogP contribution in [0.15, 0.2) is 18.2 Å². The minimum Gasteiger partial charge on any atom is -0.378 e. The molecule has 0 bridgehead atoms. The molecule has 0 saturated carbocycles. The van der Waals surface area contributed by atoms with Crippen LogP contribution < -0.4 is 10.2 Å². The highest BCUT2D eigenvalue weighted by molar-refractivity contribution is 6.31. The topological polar surface area (TPSA) is 24.5 Å². The van der Waals surface area contributed by atoms with Crippen molar-refractivity contribution in [3.05, 3.63) is 28.8 Å². The molecule has 1 aliphatic rings. The van der Waals surface area contributed by atoms with Crippen molar-refractivity contribution in [1.29, 1.82) is 0 Å². The zero-order chi connectivity index (χ0) is 14.4. The van der Waals surface area contributed by atoms with Gasteiger partial charge in [0.25, 0.3) is 0 Å². The summed E-state index contributed by atoms with van der Waals surface area (Å²) in [5, 5.41) is 4.23. The van der Waals surface area contributed by atoms with Gasteiger partial charge in [-0.2, -0.15) is 0 Å². The van der Waals surface area contributed by atoms with Crippen LogP contribution in [0.3, 0.4) is 0 Å². The van der Waals surface area contributed by atoms with E-state index in [0.717, 1.165) is 50.7 Å². The molecular formula is C16H25ClN2O. The number of nitrogens with zero attached hydrogens (tertiary/aromatic N) is 1. The fourth-order valence-corrected chi connectivity index (χ4v) is 3.00. The minimum atomic E-state index is 0.424. The second kappa shape index (κ2) is 7.87. The molecule has 0 atom stereocenters. The summed E-state index contributed by atoms with van der Waals surface area (Å²) in [7, 11) is 0. The van der Waals surface area contributed by atoms with Crippen LogP contribution in [0.1, 0.15) is 32.3 Å². The lowest BCUT2D eigenvalue weighted by Crippen LogP contribution is -2.37. The number of ether oxygens (including phenoxy) is 1. The summed E-state index contributed by atoms with van der Waals surface area (Å²) in [6.07, 6.45) is 2.62. The molecule has 0 amide bonds. The van der Waals surface area contributed by atoms with E-state index in [1.165, 1.54) is 11.3 Å². The normalized spacial score (nSPS) is 16.6. The lowest BCUT2D eigenvalue weighted by molar-refractivity contribution is 0.0459. The van der Waals surface area contributed by atoms with Gasteiger partial charge in [-0.1, -0.05) is 24.6 Å². The first kappa shape index (κ1) is 15.6. The molecule has 0 unspecified atom stereocenters. The third-order valence-electron chi connectivity index (χ3n) is 3.83. The van der Waals surface area contributed by atoms with Crippen LogP contribution in [0.25, 0.3) is 0 Å². The number of nitrogens with one attached hydrogen (secondary N) is 1. The lowest BCUT2D eigenvalue weighted by atomic mass is 10.0. The summed E-state index contributed by atoms with van der Waals surface area (Å²) in [6.45, 7) is 8.87. The smallest absolute Gasteiger partial charge is 0.0608 e. The third-order valence-corrected chi connectivity index (χ3v) is 4.19. The maximum absolute atomic E-state index is 6.37. The van der Waals surface area contributed by atoms with Gasteiger partial charge in [0.05, 0.1) is 6.10 Å². The van der Waals surface area contributed by atoms with E-state index in [9.17, 15) is 0 Å². The highest BCUT2D eigenvalue weighted by atomic mass is 35.5. The molecule has 1 saturated heterocycles. The Balaban J connectivity index is 2.07. The van der Waals surface area contributed by atoms with E-state index >= 15 is 0 Å². The van der Waals surface area contributed by atoms with E-state index in [2.05, 4.69) is 30.1 Å². The number of piperidine rings is 1. The summed E-state index contributed by atoms with van der Waals surface area (Å²) in [5.74, 6) is 0. The fourth-order valence-electron chi connectivity index (χ4n) is 2.77. The minimum absolute atomic E-state index is 0.424. The lowest BCUT2D eigenvalue weighted by Gasteiger charge is -2.34. The number of halogens is 1. The molecule has 1 N–H and O–H groups in total. The first-order chi connectivity index (χ1) is 9.76. The van der Waals surface area contributed by atoms with Gasteiger partial charge in [0.1, 0.15) is 0 Å². The van der Waals surface area contributed by atoms with Crippen LogP contribution in [0.4, 0.5) is 5.69 Å². The maximum Gasteiger partial charge on any atom is 0.0608 e. The van der Waals surface area contributed by atoms with E-state index in [4.69, 9.17) is 16.3 Å². The predicted molar refractivity (Wildman–Crippen MR) is 85.7 cm³/mol. The van der Waals surface area contributed by atoms with Crippen molar-refractivity contribution in [2.75, 3.05) is 31.1 Å². The summed E-state index contributed by atoms with van der Waals surface area (Å²) >= 11 is 6.37. The van der Waals surface area contributed by atoms with Gasteiger partial charge in [-0.25, -0.2) is 0 Å². The monoisotopic (exact) mass is 296 g/mol. The third kappa shape index (κ3) is 3.87. The molecule has 1 aromatic rings. The molecular weight excluding hydrogens is 272 g/mol. The van der Waals surface area contributed by atoms with Crippen LogP contribution in [0.5, 0.6) is 0 Å². The van der Waals surface area contributed by atoms with Gasteiger partial charge >= 0.3 is 0 Å². The average Bonchev–Trinajstić information content (AvgIpc) is 2.47. The second-order valence-electron chi connectivity index (χ2n) is 5.16. The molecule has 0 aliphatic carbocycles. The number of rotatable bonds is 6. The summed E-state index contributed by atoms with van der Waals surface area (Å²) in [6, 6.07) is 6.20. The fraction of sp³-hybridized carbons (Fsp3) is 0.625. The summed E-state index contributed by atoms with van der Waals surface area (Å²) in [5.41, 5.74) is 2.49. The van der Waals surface area contributed by atoms with Crippen LogP contribution in [-0.4, -0.2) is 32.3 Å². The number of hydrogen-bond acceptors (Lipinski definition) is 3. The molecule has 1 aromatic carbocycles. The van der Waals surface area contributed by atoms with E-state index in [1.807, 2.05) is 12.1 Å². The Morgan fingerprint density at radius 3 is 2.70 bits per heavy atom. The number of hydrogen-bond donors (Lipinski definition) is 1. The molecule has 20 heavy (non-hydrogen) atoms. The van der Waals surface area contributed by atoms with Gasteiger partial charge in [-0.05, 0) is 38.4 Å². The molecule has 1 heterocycles. The van der Waals surface area contributed by atoms with Crippen LogP contribution >= 0.6 is 11.6 Å². The van der Waals surface area contributed by atoms with Crippen molar-refractivity contribution in [1.82, 2.24) is 5.32 Å². The second-order valence-corrected chi connectivity index (χ2v) is 5.57. The van der Waals surface area contributed by atoms with Gasteiger partial charge in [0, 0.05) is 42.5 Å². The molecule has 0 radical (unpaired) electrons. The Kier molecular flexibility index (Phi) is 6.14. The van der Waals surface area contributed by atoms with Crippen molar-refractivity contribution in [2.24, 2.45) is 0 Å². The molecule has 2 rings (SSSR count). The van der Waals surface area contributed by atoms with Crippen molar-refractivity contribution in [3.8, 4) is 0 Å². The van der Waals surface area contributed by atoms with Crippen molar-refractivity contribution >= 4 is 17.3 Å².